The van der Waals surface area contributed by atoms with Crippen molar-refractivity contribution in [2.75, 3.05) is 36.4 Å². The second kappa shape index (κ2) is 7.57. The average molecular weight is 340 g/mol. The monoisotopic (exact) mass is 340 g/mol. The number of aromatic nitrogens is 3. The maximum absolute atomic E-state index is 12.4. The van der Waals surface area contributed by atoms with Gasteiger partial charge in [-0.15, -0.1) is 0 Å². The Hall–Kier alpha value is -2.54. The minimum atomic E-state index is -0.200. The number of hydrogen-bond acceptors (Lipinski definition) is 6. The van der Waals surface area contributed by atoms with Crippen molar-refractivity contribution in [2.45, 2.75) is 26.8 Å². The zero-order chi connectivity index (χ0) is 17.8. The quantitative estimate of drug-likeness (QED) is 0.912. The summed E-state index contributed by atoms with van der Waals surface area (Å²) in [5.41, 5.74) is 1.87. The minimum absolute atomic E-state index is 0.0290. The molecule has 1 atom stereocenters. The fourth-order valence-corrected chi connectivity index (χ4v) is 2.98. The number of pyridine rings is 1. The molecule has 3 heterocycles. The first-order valence-corrected chi connectivity index (χ1v) is 8.56. The van der Waals surface area contributed by atoms with Gasteiger partial charge in [-0.25, -0.2) is 9.97 Å². The smallest absolute Gasteiger partial charge is 0.242 e. The zero-order valence-corrected chi connectivity index (χ0v) is 14.9. The zero-order valence-electron chi connectivity index (χ0n) is 14.9. The molecule has 25 heavy (non-hydrogen) atoms. The maximum atomic E-state index is 12.4. The number of rotatable bonds is 4. The van der Waals surface area contributed by atoms with Crippen LogP contribution in [0.1, 0.15) is 18.3 Å². The van der Waals surface area contributed by atoms with Crippen LogP contribution >= 0.6 is 0 Å². The lowest BCUT2D eigenvalue weighted by Crippen LogP contribution is -2.53. The molecule has 3 rings (SSSR count). The van der Waals surface area contributed by atoms with Gasteiger partial charge in [-0.2, -0.15) is 0 Å². The SMILES string of the molecule is Cc1cnc(C)c(N2CCN([C@H](C)C(=O)Nc3ccccn3)CC2)n1. The van der Waals surface area contributed by atoms with Gasteiger partial charge in [0.1, 0.15) is 11.6 Å². The Morgan fingerprint density at radius 1 is 1.16 bits per heavy atom. The van der Waals surface area contributed by atoms with E-state index in [-0.39, 0.29) is 11.9 Å². The van der Waals surface area contributed by atoms with Gasteiger partial charge in [0, 0.05) is 38.6 Å². The molecule has 1 fully saturated rings. The Morgan fingerprint density at radius 2 is 1.92 bits per heavy atom. The third-order valence-electron chi connectivity index (χ3n) is 4.51. The topological polar surface area (TPSA) is 74.2 Å². The fraction of sp³-hybridized carbons (Fsp3) is 0.444. The van der Waals surface area contributed by atoms with Crippen LogP contribution in [0, 0.1) is 13.8 Å². The number of carbonyl (C=O) groups is 1. The van der Waals surface area contributed by atoms with Gasteiger partial charge >= 0.3 is 0 Å². The van der Waals surface area contributed by atoms with Crippen LogP contribution in [0.4, 0.5) is 11.6 Å². The summed E-state index contributed by atoms with van der Waals surface area (Å²) in [6, 6.07) is 5.28. The van der Waals surface area contributed by atoms with Gasteiger partial charge in [0.15, 0.2) is 0 Å². The molecule has 7 heteroatoms. The van der Waals surface area contributed by atoms with E-state index in [1.807, 2.05) is 32.9 Å². The van der Waals surface area contributed by atoms with Gasteiger partial charge in [-0.1, -0.05) is 6.07 Å². The number of nitrogens with zero attached hydrogens (tertiary/aromatic N) is 5. The van der Waals surface area contributed by atoms with Gasteiger partial charge in [0.05, 0.1) is 17.4 Å². The number of piperazine rings is 1. The van der Waals surface area contributed by atoms with Crippen LogP contribution in [-0.2, 0) is 4.79 Å². The third kappa shape index (κ3) is 4.11. The van der Waals surface area contributed by atoms with Crippen LogP contribution in [0.15, 0.2) is 30.6 Å². The van der Waals surface area contributed by atoms with Crippen LogP contribution in [0.2, 0.25) is 0 Å². The number of anilines is 2. The molecule has 2 aromatic heterocycles. The van der Waals surface area contributed by atoms with Gasteiger partial charge in [-0.05, 0) is 32.9 Å². The molecular weight excluding hydrogens is 316 g/mol. The van der Waals surface area contributed by atoms with E-state index in [2.05, 4.69) is 30.1 Å². The first-order valence-electron chi connectivity index (χ1n) is 8.56. The van der Waals surface area contributed by atoms with Crippen molar-refractivity contribution in [3.8, 4) is 0 Å². The molecule has 0 spiro atoms. The Morgan fingerprint density at radius 3 is 2.60 bits per heavy atom. The summed E-state index contributed by atoms with van der Waals surface area (Å²) in [6.45, 7) is 9.16. The summed E-state index contributed by atoms with van der Waals surface area (Å²) in [6.07, 6.45) is 3.46. The molecule has 132 valence electrons. The molecule has 0 bridgehead atoms. The normalized spacial score (nSPS) is 16.5. The average Bonchev–Trinajstić information content (AvgIpc) is 2.64. The van der Waals surface area contributed by atoms with Crippen LogP contribution < -0.4 is 10.2 Å². The summed E-state index contributed by atoms with van der Waals surface area (Å²) in [4.78, 5) is 30.0. The molecule has 0 unspecified atom stereocenters. The highest BCUT2D eigenvalue weighted by atomic mass is 16.2. The summed E-state index contributed by atoms with van der Waals surface area (Å²) in [7, 11) is 0. The summed E-state index contributed by atoms with van der Waals surface area (Å²) < 4.78 is 0. The predicted molar refractivity (Wildman–Crippen MR) is 97.6 cm³/mol. The van der Waals surface area contributed by atoms with Crippen LogP contribution in [0.5, 0.6) is 0 Å². The second-order valence-corrected chi connectivity index (χ2v) is 6.32. The molecule has 2 aromatic rings. The Kier molecular flexibility index (Phi) is 5.23. The standard InChI is InChI=1S/C18H24N6O/c1-13-12-20-14(2)17(21-13)24-10-8-23(9-11-24)15(3)18(25)22-16-6-4-5-7-19-16/h4-7,12,15H,8-11H2,1-3H3,(H,19,22,25)/t15-/m1/s1. The molecular formula is C18H24N6O. The summed E-state index contributed by atoms with van der Waals surface area (Å²) in [5, 5.41) is 2.87. The van der Waals surface area contributed by atoms with E-state index in [0.717, 1.165) is 43.4 Å². The number of carbonyl (C=O) groups excluding carboxylic acids is 1. The Labute approximate surface area is 148 Å². The second-order valence-electron chi connectivity index (χ2n) is 6.32. The van der Waals surface area contributed by atoms with E-state index in [1.165, 1.54) is 0 Å². The van der Waals surface area contributed by atoms with Gasteiger partial charge < -0.3 is 10.2 Å². The van der Waals surface area contributed by atoms with Gasteiger partial charge in [0.2, 0.25) is 5.91 Å². The lowest BCUT2D eigenvalue weighted by atomic mass is 10.2. The first kappa shape index (κ1) is 17.3. The molecule has 1 aliphatic heterocycles. The van der Waals surface area contributed by atoms with Crippen molar-refractivity contribution in [3.63, 3.8) is 0 Å². The molecule has 0 aliphatic carbocycles. The first-order chi connectivity index (χ1) is 12.0. The molecule has 7 nitrogen and oxygen atoms in total. The maximum Gasteiger partial charge on any atom is 0.242 e. The highest BCUT2D eigenvalue weighted by Gasteiger charge is 2.27. The van der Waals surface area contributed by atoms with Crippen LogP contribution in [0.3, 0.4) is 0 Å². The molecule has 1 aliphatic rings. The minimum Gasteiger partial charge on any atom is -0.353 e. The Balaban J connectivity index is 1.58. The van der Waals surface area contributed by atoms with Crippen molar-refractivity contribution in [1.29, 1.82) is 0 Å². The van der Waals surface area contributed by atoms with Crippen molar-refractivity contribution in [1.82, 2.24) is 19.9 Å². The van der Waals surface area contributed by atoms with E-state index in [4.69, 9.17) is 0 Å². The number of aryl methyl sites for hydroxylation is 2. The van der Waals surface area contributed by atoms with Gasteiger partial charge in [-0.3, -0.25) is 14.7 Å². The highest BCUT2D eigenvalue weighted by molar-refractivity contribution is 5.93. The largest absolute Gasteiger partial charge is 0.353 e. The fourth-order valence-electron chi connectivity index (χ4n) is 2.98. The van der Waals surface area contributed by atoms with E-state index >= 15 is 0 Å². The van der Waals surface area contributed by atoms with Crippen LogP contribution in [-0.4, -0.2) is 58.0 Å². The predicted octanol–water partition coefficient (Wildman–Crippen LogP) is 1.64. The van der Waals surface area contributed by atoms with Crippen molar-refractivity contribution >= 4 is 17.5 Å². The van der Waals surface area contributed by atoms with Crippen LogP contribution in [0.25, 0.3) is 0 Å². The van der Waals surface area contributed by atoms with E-state index in [1.54, 1.807) is 18.5 Å². The van der Waals surface area contributed by atoms with E-state index in [0.29, 0.717) is 5.82 Å². The van der Waals surface area contributed by atoms with Crippen molar-refractivity contribution in [2.24, 2.45) is 0 Å². The molecule has 1 saturated heterocycles. The van der Waals surface area contributed by atoms with Gasteiger partial charge in [0.25, 0.3) is 0 Å². The van der Waals surface area contributed by atoms with Crippen molar-refractivity contribution in [3.05, 3.63) is 42.0 Å². The van der Waals surface area contributed by atoms with E-state index in [9.17, 15) is 4.79 Å². The highest BCUT2D eigenvalue weighted by Crippen LogP contribution is 2.18. The molecule has 1 amide bonds. The summed E-state index contributed by atoms with van der Waals surface area (Å²) in [5.74, 6) is 1.51. The Bertz CT molecular complexity index is 728. The van der Waals surface area contributed by atoms with Crippen molar-refractivity contribution < 1.29 is 4.79 Å². The molecule has 0 radical (unpaired) electrons. The lowest BCUT2D eigenvalue weighted by molar-refractivity contribution is -0.120. The number of nitrogens with one attached hydrogen (secondary N) is 1. The number of hydrogen-bond donors (Lipinski definition) is 1. The third-order valence-corrected chi connectivity index (χ3v) is 4.51. The molecule has 0 aromatic carbocycles. The molecule has 1 N–H and O–H groups in total. The lowest BCUT2D eigenvalue weighted by Gasteiger charge is -2.38. The number of amides is 1. The summed E-state index contributed by atoms with van der Waals surface area (Å²) >= 11 is 0. The van der Waals surface area contributed by atoms with E-state index < -0.39 is 0 Å². The molecule has 0 saturated carbocycles.